The van der Waals surface area contributed by atoms with Crippen LogP contribution in [0.5, 0.6) is 0 Å². The number of amidine groups is 1. The van der Waals surface area contributed by atoms with E-state index in [-0.39, 0.29) is 5.84 Å². The van der Waals surface area contributed by atoms with E-state index < -0.39 is 0 Å². The molecule has 0 bridgehead atoms. The number of hydrogen-bond acceptors (Lipinski definition) is 5. The van der Waals surface area contributed by atoms with E-state index in [0.29, 0.717) is 11.7 Å². The van der Waals surface area contributed by atoms with Crippen LogP contribution in [0, 0.1) is 0 Å². The maximum Gasteiger partial charge on any atom is 0.188 e. The van der Waals surface area contributed by atoms with Crippen molar-refractivity contribution in [3.8, 4) is 0 Å². The van der Waals surface area contributed by atoms with Crippen LogP contribution in [0.3, 0.4) is 0 Å². The van der Waals surface area contributed by atoms with Gasteiger partial charge in [-0.05, 0) is 38.1 Å². The molecule has 1 unspecified atom stereocenters. The molecule has 2 heterocycles. The Morgan fingerprint density at radius 3 is 3.00 bits per heavy atom. The molecular formula is C14H23N5O. The summed E-state index contributed by atoms with van der Waals surface area (Å²) in [7, 11) is 2.08. The molecular weight excluding hydrogens is 254 g/mol. The van der Waals surface area contributed by atoms with E-state index in [1.807, 2.05) is 6.07 Å². The van der Waals surface area contributed by atoms with Gasteiger partial charge in [-0.25, -0.2) is 0 Å². The minimum absolute atomic E-state index is 0.0344. The monoisotopic (exact) mass is 277 g/mol. The number of pyridine rings is 1. The number of hydrogen-bond donors (Lipinski definition) is 2. The summed E-state index contributed by atoms with van der Waals surface area (Å²) in [6, 6.07) is 4.34. The molecule has 6 nitrogen and oxygen atoms in total. The van der Waals surface area contributed by atoms with E-state index in [2.05, 4.69) is 33.9 Å². The van der Waals surface area contributed by atoms with Crippen molar-refractivity contribution in [2.45, 2.75) is 25.8 Å². The van der Waals surface area contributed by atoms with Gasteiger partial charge in [-0.15, -0.1) is 0 Å². The lowest BCUT2D eigenvalue weighted by Crippen LogP contribution is -2.38. The second kappa shape index (κ2) is 6.56. The molecule has 0 spiro atoms. The van der Waals surface area contributed by atoms with E-state index in [1.165, 1.54) is 19.4 Å². The molecule has 1 fully saturated rings. The van der Waals surface area contributed by atoms with Crippen LogP contribution in [0.1, 0.15) is 25.5 Å². The molecule has 2 rings (SSSR count). The fraction of sp³-hybridized carbons (Fsp3) is 0.571. The first kappa shape index (κ1) is 14.6. The molecule has 0 amide bonds. The predicted octanol–water partition coefficient (Wildman–Crippen LogP) is 1.10. The number of aromatic nitrogens is 1. The number of anilines is 1. The highest BCUT2D eigenvalue weighted by Crippen LogP contribution is 2.20. The van der Waals surface area contributed by atoms with E-state index in [1.54, 1.807) is 12.3 Å². The van der Waals surface area contributed by atoms with Gasteiger partial charge in [0.05, 0.1) is 11.9 Å². The quantitative estimate of drug-likeness (QED) is 0.365. The number of oxime groups is 1. The van der Waals surface area contributed by atoms with Crippen LogP contribution in [0.4, 0.5) is 5.69 Å². The Balaban J connectivity index is 2.00. The number of rotatable bonds is 5. The number of nitrogens with two attached hydrogens (primary N) is 1. The van der Waals surface area contributed by atoms with Crippen molar-refractivity contribution in [2.24, 2.45) is 10.9 Å². The molecule has 0 aromatic carbocycles. The summed E-state index contributed by atoms with van der Waals surface area (Å²) in [6.45, 7) is 5.53. The summed E-state index contributed by atoms with van der Waals surface area (Å²) in [4.78, 5) is 8.95. The van der Waals surface area contributed by atoms with E-state index >= 15 is 0 Å². The van der Waals surface area contributed by atoms with Crippen molar-refractivity contribution in [2.75, 3.05) is 31.6 Å². The molecule has 0 saturated carbocycles. The number of nitrogens with zero attached hydrogens (tertiary/aromatic N) is 4. The van der Waals surface area contributed by atoms with Crippen LogP contribution >= 0.6 is 0 Å². The summed E-state index contributed by atoms with van der Waals surface area (Å²) in [5, 5.41) is 11.6. The Morgan fingerprint density at radius 1 is 1.60 bits per heavy atom. The van der Waals surface area contributed by atoms with Gasteiger partial charge in [-0.2, -0.15) is 0 Å². The highest BCUT2D eigenvalue weighted by Gasteiger charge is 2.24. The first-order valence-corrected chi connectivity index (χ1v) is 7.04. The zero-order chi connectivity index (χ0) is 14.5. The largest absolute Gasteiger partial charge is 0.409 e. The highest BCUT2D eigenvalue weighted by molar-refractivity contribution is 5.95. The molecule has 110 valence electrons. The molecule has 6 heteroatoms. The van der Waals surface area contributed by atoms with Crippen LogP contribution in [0.2, 0.25) is 0 Å². The fourth-order valence-corrected chi connectivity index (χ4v) is 2.75. The summed E-state index contributed by atoms with van der Waals surface area (Å²) in [5.41, 5.74) is 7.04. The smallest absolute Gasteiger partial charge is 0.188 e. The van der Waals surface area contributed by atoms with Gasteiger partial charge in [0, 0.05) is 19.6 Å². The van der Waals surface area contributed by atoms with Crippen molar-refractivity contribution >= 4 is 11.5 Å². The summed E-state index contributed by atoms with van der Waals surface area (Å²) in [6.07, 6.45) is 4.31. The topological polar surface area (TPSA) is 78.0 Å². The van der Waals surface area contributed by atoms with Gasteiger partial charge in [-0.1, -0.05) is 12.1 Å². The number of likely N-dealkylation sites (N-methyl/N-ethyl adjacent to an activating group) is 2. The molecule has 1 aliphatic rings. The third-order valence-corrected chi connectivity index (χ3v) is 3.95. The summed E-state index contributed by atoms with van der Waals surface area (Å²) >= 11 is 0. The second-order valence-corrected chi connectivity index (χ2v) is 5.19. The summed E-state index contributed by atoms with van der Waals surface area (Å²) in [5.74, 6) is 0.0344. The van der Waals surface area contributed by atoms with Crippen molar-refractivity contribution in [3.63, 3.8) is 0 Å². The minimum atomic E-state index is 0.0344. The molecule has 1 atom stereocenters. The van der Waals surface area contributed by atoms with Crippen molar-refractivity contribution in [3.05, 3.63) is 24.0 Å². The second-order valence-electron chi connectivity index (χ2n) is 5.19. The third-order valence-electron chi connectivity index (χ3n) is 3.95. The highest BCUT2D eigenvalue weighted by atomic mass is 16.4. The van der Waals surface area contributed by atoms with Crippen LogP contribution in [0.25, 0.3) is 0 Å². The maximum atomic E-state index is 8.62. The minimum Gasteiger partial charge on any atom is -0.409 e. The SMILES string of the molecule is CCN1CCCC1CN(C)c1ccc(/C(N)=N/O)nc1. The fourth-order valence-electron chi connectivity index (χ4n) is 2.75. The normalized spacial score (nSPS) is 20.3. The van der Waals surface area contributed by atoms with Crippen LogP contribution in [-0.4, -0.2) is 53.7 Å². The molecule has 1 aromatic rings. The molecule has 0 radical (unpaired) electrons. The first-order valence-electron chi connectivity index (χ1n) is 7.04. The Bertz CT molecular complexity index is 459. The van der Waals surface area contributed by atoms with Gasteiger partial charge in [0.15, 0.2) is 5.84 Å². The number of likely N-dealkylation sites (tertiary alicyclic amines) is 1. The lowest BCUT2D eigenvalue weighted by atomic mass is 10.2. The molecule has 0 aliphatic carbocycles. The summed E-state index contributed by atoms with van der Waals surface area (Å²) < 4.78 is 0. The Hall–Kier alpha value is -1.82. The Morgan fingerprint density at radius 2 is 2.40 bits per heavy atom. The lowest BCUT2D eigenvalue weighted by Gasteiger charge is -2.28. The third kappa shape index (κ3) is 3.19. The molecule has 1 aromatic heterocycles. The van der Waals surface area contributed by atoms with Gasteiger partial charge in [0.1, 0.15) is 5.69 Å². The zero-order valence-corrected chi connectivity index (χ0v) is 12.2. The average molecular weight is 277 g/mol. The van der Waals surface area contributed by atoms with Crippen molar-refractivity contribution in [1.82, 2.24) is 9.88 Å². The maximum absolute atomic E-state index is 8.62. The van der Waals surface area contributed by atoms with Gasteiger partial charge >= 0.3 is 0 Å². The van der Waals surface area contributed by atoms with Crippen LogP contribution in [0.15, 0.2) is 23.5 Å². The lowest BCUT2D eigenvalue weighted by molar-refractivity contribution is 0.270. The molecule has 3 N–H and O–H groups in total. The first-order chi connectivity index (χ1) is 9.65. The Labute approximate surface area is 119 Å². The van der Waals surface area contributed by atoms with E-state index in [0.717, 1.165) is 18.8 Å². The molecule has 20 heavy (non-hydrogen) atoms. The van der Waals surface area contributed by atoms with E-state index in [9.17, 15) is 0 Å². The molecule has 1 saturated heterocycles. The predicted molar refractivity (Wildman–Crippen MR) is 80.3 cm³/mol. The van der Waals surface area contributed by atoms with Crippen molar-refractivity contribution in [1.29, 1.82) is 0 Å². The molecule has 1 aliphatic heterocycles. The zero-order valence-electron chi connectivity index (χ0n) is 12.2. The van der Waals surface area contributed by atoms with Crippen LogP contribution in [-0.2, 0) is 0 Å². The van der Waals surface area contributed by atoms with Gasteiger partial charge in [-0.3, -0.25) is 9.88 Å². The Kier molecular flexibility index (Phi) is 4.79. The van der Waals surface area contributed by atoms with Gasteiger partial charge < -0.3 is 15.8 Å². The van der Waals surface area contributed by atoms with Gasteiger partial charge in [0.2, 0.25) is 0 Å². The van der Waals surface area contributed by atoms with Crippen molar-refractivity contribution < 1.29 is 5.21 Å². The van der Waals surface area contributed by atoms with Crippen LogP contribution < -0.4 is 10.6 Å². The van der Waals surface area contributed by atoms with E-state index in [4.69, 9.17) is 10.9 Å². The van der Waals surface area contributed by atoms with Gasteiger partial charge in [0.25, 0.3) is 0 Å². The average Bonchev–Trinajstić information content (AvgIpc) is 2.93. The standard InChI is InChI=1S/C14H23N5O/c1-3-19-8-4-5-12(19)10-18(2)11-6-7-13(16-9-11)14(15)17-20/h6-7,9,12,20H,3-5,8,10H2,1-2H3,(H2,15,17).